The van der Waals surface area contributed by atoms with Crippen molar-refractivity contribution in [2.45, 2.75) is 44.4 Å². The van der Waals surface area contributed by atoms with Crippen LogP contribution >= 0.6 is 11.6 Å². The maximum Gasteiger partial charge on any atom is 0.254 e. The third kappa shape index (κ3) is 5.78. The third-order valence-corrected chi connectivity index (χ3v) is 7.26. The number of aliphatic imine (C=N–C) groups is 1. The highest BCUT2D eigenvalue weighted by molar-refractivity contribution is 6.29. The number of halogens is 1. The minimum absolute atomic E-state index is 0.00508. The number of likely N-dealkylation sites (tertiary alicyclic amines) is 1. The zero-order valence-corrected chi connectivity index (χ0v) is 22.4. The quantitative estimate of drug-likeness (QED) is 0.0971. The Morgan fingerprint density at radius 2 is 1.92 bits per heavy atom. The molecule has 1 aromatic carbocycles. The molecule has 39 heavy (non-hydrogen) atoms. The molecular weight excluding hydrogens is 526 g/mol. The van der Waals surface area contributed by atoms with Crippen molar-refractivity contribution >= 4 is 34.9 Å². The van der Waals surface area contributed by atoms with Crippen LogP contribution in [-0.2, 0) is 9.59 Å². The second-order valence-electron chi connectivity index (χ2n) is 9.41. The van der Waals surface area contributed by atoms with Gasteiger partial charge in [0.05, 0.1) is 12.1 Å². The number of piperidine rings is 1. The Morgan fingerprint density at radius 3 is 2.56 bits per heavy atom. The van der Waals surface area contributed by atoms with Crippen LogP contribution in [0.4, 0.5) is 0 Å². The van der Waals surface area contributed by atoms with Crippen molar-refractivity contribution in [1.82, 2.24) is 25.9 Å². The fourth-order valence-corrected chi connectivity index (χ4v) is 5.13. The molecule has 9 N–H and O–H groups in total. The predicted octanol–water partition coefficient (Wildman–Crippen LogP) is 0.326. The Hall–Kier alpha value is -4.24. The lowest BCUT2D eigenvalue weighted by molar-refractivity contribution is -0.126. The Morgan fingerprint density at radius 1 is 1.21 bits per heavy atom. The van der Waals surface area contributed by atoms with Crippen molar-refractivity contribution in [3.63, 3.8) is 0 Å². The van der Waals surface area contributed by atoms with Crippen LogP contribution in [0.1, 0.15) is 30.9 Å². The lowest BCUT2D eigenvalue weighted by Crippen LogP contribution is -2.60. The molecule has 2 amide bonds. The Bertz CT molecular complexity index is 1270. The molecule has 3 aliphatic heterocycles. The largest absolute Gasteiger partial charge is 0.358 e. The summed E-state index contributed by atoms with van der Waals surface area (Å²) in [6.45, 7) is 5.27. The van der Waals surface area contributed by atoms with Gasteiger partial charge in [-0.1, -0.05) is 52.4 Å². The highest BCUT2D eigenvalue weighted by Crippen LogP contribution is 2.32. The van der Waals surface area contributed by atoms with Gasteiger partial charge < -0.3 is 27.2 Å². The smallest absolute Gasteiger partial charge is 0.254 e. The Balaban J connectivity index is 1.43. The minimum Gasteiger partial charge on any atom is -0.358 e. The van der Waals surface area contributed by atoms with E-state index in [9.17, 15) is 9.59 Å². The van der Waals surface area contributed by atoms with E-state index in [4.69, 9.17) is 34.1 Å². The fraction of sp³-hybridized carbons (Fsp3) is 0.435. The van der Waals surface area contributed by atoms with Crippen LogP contribution < -0.4 is 33.5 Å². The van der Waals surface area contributed by atoms with E-state index in [1.165, 1.54) is 5.01 Å². The van der Waals surface area contributed by atoms with Gasteiger partial charge in [-0.25, -0.2) is 10.8 Å². The van der Waals surface area contributed by atoms with Gasteiger partial charge >= 0.3 is 0 Å². The van der Waals surface area contributed by atoms with Gasteiger partial charge in [0.25, 0.3) is 11.8 Å². The zero-order valence-electron chi connectivity index (χ0n) is 21.6. The molecule has 1 aromatic rings. The van der Waals surface area contributed by atoms with E-state index >= 15 is 0 Å². The summed E-state index contributed by atoms with van der Waals surface area (Å²) in [6, 6.07) is 6.81. The second-order valence-corrected chi connectivity index (χ2v) is 9.78. The molecule has 1 saturated heterocycles. The summed E-state index contributed by atoms with van der Waals surface area (Å²) >= 11 is 6.16. The van der Waals surface area contributed by atoms with Crippen molar-refractivity contribution in [2.24, 2.45) is 43.2 Å². The first-order valence-corrected chi connectivity index (χ1v) is 12.7. The summed E-state index contributed by atoms with van der Waals surface area (Å²) < 4.78 is 0. The lowest BCUT2D eigenvalue weighted by Gasteiger charge is -2.37. The summed E-state index contributed by atoms with van der Waals surface area (Å²) in [6.07, 6.45) is 2.08. The number of nitrogens with one attached hydrogen (secondary N) is 3. The summed E-state index contributed by atoms with van der Waals surface area (Å²) in [7, 11) is 0. The molecule has 0 bridgehead atoms. The highest BCUT2D eigenvalue weighted by Gasteiger charge is 2.44. The Labute approximate surface area is 230 Å². The molecule has 1 fully saturated rings. The van der Waals surface area contributed by atoms with Crippen LogP contribution in [0.25, 0.3) is 5.57 Å². The number of nitrogens with zero attached hydrogens (tertiary/aromatic N) is 7. The van der Waals surface area contributed by atoms with Gasteiger partial charge in [-0.15, -0.1) is 10.2 Å². The molecule has 3 aliphatic rings. The van der Waals surface area contributed by atoms with Crippen molar-refractivity contribution < 1.29 is 9.59 Å². The molecule has 208 valence electrons. The van der Waals surface area contributed by atoms with Crippen molar-refractivity contribution in [3.8, 4) is 0 Å². The van der Waals surface area contributed by atoms with Crippen LogP contribution in [0.15, 0.2) is 67.0 Å². The SMILES string of the molecule is C/C=C(/C(=O)N1CCC2(CC1)CN(N)C(NC(=O)C1NC(Cl)=C(N=NN)NC1N=NN)=N2)c1ccccc1C. The number of amides is 2. The molecule has 3 heterocycles. The number of carbonyl (C=O) groups excluding carboxylic acids is 2. The fourth-order valence-electron chi connectivity index (χ4n) is 4.92. The van der Waals surface area contributed by atoms with Crippen LogP contribution in [0.5, 0.6) is 0 Å². The van der Waals surface area contributed by atoms with E-state index < -0.39 is 23.7 Å². The number of rotatable bonds is 5. The van der Waals surface area contributed by atoms with Gasteiger partial charge in [0, 0.05) is 18.7 Å². The number of carbonyl (C=O) groups is 2. The number of hydrazine groups is 1. The number of hydrogen-bond acceptors (Lipinski definition) is 11. The molecule has 4 rings (SSSR count). The molecule has 1 spiro atoms. The molecule has 2 unspecified atom stereocenters. The highest BCUT2D eigenvalue weighted by atomic mass is 35.5. The van der Waals surface area contributed by atoms with Crippen molar-refractivity contribution in [3.05, 3.63) is 52.4 Å². The van der Waals surface area contributed by atoms with Crippen LogP contribution in [0.2, 0.25) is 0 Å². The first kappa shape index (κ1) is 27.8. The number of guanidine groups is 1. The van der Waals surface area contributed by atoms with Gasteiger partial charge in [-0.3, -0.25) is 19.9 Å². The second kappa shape index (κ2) is 11.7. The molecular formula is C23H32ClN13O2. The number of nitrogens with two attached hydrogens (primary N) is 3. The molecule has 0 aromatic heterocycles. The van der Waals surface area contributed by atoms with E-state index in [1.807, 2.05) is 49.1 Å². The molecule has 2 atom stereocenters. The summed E-state index contributed by atoms with van der Waals surface area (Å²) in [5.74, 6) is 16.2. The molecule has 16 heteroatoms. The minimum atomic E-state index is -1.02. The normalized spacial score (nSPS) is 23.3. The number of hydrogen-bond donors (Lipinski definition) is 6. The summed E-state index contributed by atoms with van der Waals surface area (Å²) in [5.41, 5.74) is 2.11. The predicted molar refractivity (Wildman–Crippen MR) is 145 cm³/mol. The first-order chi connectivity index (χ1) is 18.7. The average molecular weight is 558 g/mol. The topological polar surface area (TPSA) is 217 Å². The van der Waals surface area contributed by atoms with Gasteiger partial charge in [0.1, 0.15) is 11.2 Å². The average Bonchev–Trinajstić information content (AvgIpc) is 3.21. The zero-order chi connectivity index (χ0) is 28.2. The van der Waals surface area contributed by atoms with Crippen molar-refractivity contribution in [2.75, 3.05) is 19.6 Å². The van der Waals surface area contributed by atoms with Gasteiger partial charge in [-0.2, -0.15) is 0 Å². The molecule has 0 radical (unpaired) electrons. The van der Waals surface area contributed by atoms with E-state index in [-0.39, 0.29) is 22.8 Å². The van der Waals surface area contributed by atoms with Gasteiger partial charge in [0.2, 0.25) is 5.96 Å². The van der Waals surface area contributed by atoms with Gasteiger partial charge in [-0.05, 0) is 37.8 Å². The molecule has 0 aliphatic carbocycles. The summed E-state index contributed by atoms with van der Waals surface area (Å²) in [5, 5.41) is 23.6. The van der Waals surface area contributed by atoms with E-state index in [0.717, 1.165) is 11.1 Å². The standard InChI is InChI=1S/C23H32ClN13O2/c1-3-14(15-7-5-4-6-13(15)2)21(39)36-10-8-23(9-11-36)12-37(27)22(31-23)30-20(38)16-18(32-34-25)29-19(33-35-26)17(24)28-16/h3-7,16,18,28-29H,8-12,27H2,1-2H3,(H2,25,32)(H2,26,33)(H,30,31,38)/b14-3+. The third-order valence-electron chi connectivity index (χ3n) is 6.97. The van der Waals surface area contributed by atoms with Crippen LogP contribution in [0.3, 0.4) is 0 Å². The van der Waals surface area contributed by atoms with Crippen molar-refractivity contribution in [1.29, 1.82) is 0 Å². The maximum atomic E-state index is 13.4. The molecule has 0 saturated carbocycles. The lowest BCUT2D eigenvalue weighted by atomic mass is 9.88. The number of allylic oxidation sites excluding steroid dienone is 1. The van der Waals surface area contributed by atoms with Gasteiger partial charge in [0.15, 0.2) is 12.0 Å². The number of aryl methyl sites for hydroxylation is 1. The van der Waals surface area contributed by atoms with E-state index in [2.05, 4.69) is 36.6 Å². The van der Waals surface area contributed by atoms with Crippen LogP contribution in [0, 0.1) is 6.92 Å². The van der Waals surface area contributed by atoms with E-state index in [1.54, 1.807) is 0 Å². The van der Waals surface area contributed by atoms with Crippen LogP contribution in [-0.4, -0.2) is 65.1 Å². The summed E-state index contributed by atoms with van der Waals surface area (Å²) in [4.78, 5) is 33.1. The number of benzene rings is 1. The first-order valence-electron chi connectivity index (χ1n) is 12.3. The Kier molecular flexibility index (Phi) is 8.30. The maximum absolute atomic E-state index is 13.4. The van der Waals surface area contributed by atoms with E-state index in [0.29, 0.717) is 38.0 Å². The molecule has 15 nitrogen and oxygen atoms in total. The monoisotopic (exact) mass is 557 g/mol.